The molecule has 0 saturated carbocycles. The molecule has 3 N–H and O–H groups in total. The summed E-state index contributed by atoms with van der Waals surface area (Å²) in [6, 6.07) is 3.69. The fraction of sp³-hybridized carbons (Fsp3) is 0.357. The Hall–Kier alpha value is -2.15. The second-order valence-electron chi connectivity index (χ2n) is 5.18. The Morgan fingerprint density at radius 1 is 1.57 bits per heavy atom. The topological polar surface area (TPSA) is 88.3 Å². The van der Waals surface area contributed by atoms with E-state index in [1.54, 1.807) is 18.1 Å². The van der Waals surface area contributed by atoms with Crippen LogP contribution in [0.3, 0.4) is 0 Å². The van der Waals surface area contributed by atoms with E-state index in [1.807, 2.05) is 12.1 Å². The summed E-state index contributed by atoms with van der Waals surface area (Å²) in [6.07, 6.45) is 2.79. The van der Waals surface area contributed by atoms with Crippen molar-refractivity contribution in [1.82, 2.24) is 15.2 Å². The lowest BCUT2D eigenvalue weighted by atomic mass is 10.1. The first kappa shape index (κ1) is 13.8. The third kappa shape index (κ3) is 2.56. The molecule has 110 valence electrons. The van der Waals surface area contributed by atoms with Crippen LogP contribution in [0.5, 0.6) is 0 Å². The molecule has 2 aromatic rings. The normalized spacial score (nSPS) is 19.0. The maximum atomic E-state index is 12.4. The van der Waals surface area contributed by atoms with Crippen LogP contribution in [0.15, 0.2) is 18.3 Å². The van der Waals surface area contributed by atoms with Crippen LogP contribution in [0.1, 0.15) is 22.5 Å². The van der Waals surface area contributed by atoms with Crippen LogP contribution in [0.25, 0.3) is 10.2 Å². The number of amides is 2. The predicted molar refractivity (Wildman–Crippen MR) is 82.2 cm³/mol. The molecule has 7 heteroatoms. The zero-order chi connectivity index (χ0) is 15.0. The first-order chi connectivity index (χ1) is 10.1. The minimum Gasteiger partial charge on any atom is -0.396 e. The zero-order valence-electron chi connectivity index (χ0n) is 11.6. The molecule has 0 aliphatic carbocycles. The van der Waals surface area contributed by atoms with E-state index in [-0.39, 0.29) is 17.9 Å². The van der Waals surface area contributed by atoms with Gasteiger partial charge in [0.1, 0.15) is 10.4 Å². The molecule has 21 heavy (non-hydrogen) atoms. The van der Waals surface area contributed by atoms with E-state index < -0.39 is 0 Å². The molecule has 0 aromatic carbocycles. The second kappa shape index (κ2) is 5.33. The van der Waals surface area contributed by atoms with Crippen molar-refractivity contribution in [3.05, 3.63) is 23.2 Å². The molecule has 2 amide bonds. The van der Waals surface area contributed by atoms with Gasteiger partial charge in [0, 0.05) is 32.3 Å². The number of likely N-dealkylation sites (tertiary alicyclic amines) is 1. The van der Waals surface area contributed by atoms with Crippen LogP contribution in [-0.2, 0) is 4.79 Å². The zero-order valence-corrected chi connectivity index (χ0v) is 12.4. The van der Waals surface area contributed by atoms with Crippen molar-refractivity contribution in [2.75, 3.05) is 19.3 Å². The molecule has 0 radical (unpaired) electrons. The van der Waals surface area contributed by atoms with Gasteiger partial charge in [0.15, 0.2) is 0 Å². The largest absolute Gasteiger partial charge is 0.396 e. The number of nitrogens with zero attached hydrogens (tertiary/aromatic N) is 2. The van der Waals surface area contributed by atoms with Crippen molar-refractivity contribution in [3.63, 3.8) is 0 Å². The van der Waals surface area contributed by atoms with Gasteiger partial charge in [0.05, 0.1) is 10.4 Å². The van der Waals surface area contributed by atoms with E-state index >= 15 is 0 Å². The minimum atomic E-state index is -0.191. The van der Waals surface area contributed by atoms with Gasteiger partial charge in [-0.25, -0.2) is 0 Å². The number of carbonyl (C=O) groups excluding carboxylic acids is 2. The molecular weight excluding hydrogens is 288 g/mol. The van der Waals surface area contributed by atoms with Crippen LogP contribution in [-0.4, -0.2) is 41.3 Å². The Labute approximate surface area is 125 Å². The average Bonchev–Trinajstić information content (AvgIpc) is 2.81. The highest BCUT2D eigenvalue weighted by Gasteiger charge is 2.26. The smallest absolute Gasteiger partial charge is 0.263 e. The Kier molecular flexibility index (Phi) is 3.50. The van der Waals surface area contributed by atoms with Crippen LogP contribution < -0.4 is 11.1 Å². The summed E-state index contributed by atoms with van der Waals surface area (Å²) in [6.45, 7) is 0.535. The van der Waals surface area contributed by atoms with Crippen molar-refractivity contribution in [3.8, 4) is 0 Å². The molecule has 2 aromatic heterocycles. The molecule has 1 fully saturated rings. The summed E-state index contributed by atoms with van der Waals surface area (Å²) in [7, 11) is 1.75. The van der Waals surface area contributed by atoms with Gasteiger partial charge in [-0.05, 0) is 18.6 Å². The summed E-state index contributed by atoms with van der Waals surface area (Å²) in [5.74, 6) is -0.0747. The van der Waals surface area contributed by atoms with Gasteiger partial charge in [-0.15, -0.1) is 11.3 Å². The summed E-state index contributed by atoms with van der Waals surface area (Å²) in [4.78, 5) is 30.2. The number of fused-ring (bicyclic) bond motifs is 1. The van der Waals surface area contributed by atoms with E-state index in [0.717, 1.165) is 4.70 Å². The number of nitrogens with two attached hydrogens (primary N) is 1. The Morgan fingerprint density at radius 3 is 3.10 bits per heavy atom. The van der Waals surface area contributed by atoms with Gasteiger partial charge < -0.3 is 16.0 Å². The minimum absolute atomic E-state index is 0.0298. The maximum Gasteiger partial charge on any atom is 0.263 e. The number of likely N-dealkylation sites (N-methyl/N-ethyl adjacent to an activating group) is 1. The van der Waals surface area contributed by atoms with E-state index in [4.69, 9.17) is 5.73 Å². The number of thiophene rings is 1. The van der Waals surface area contributed by atoms with Crippen LogP contribution >= 0.6 is 11.3 Å². The van der Waals surface area contributed by atoms with Gasteiger partial charge >= 0.3 is 0 Å². The molecule has 3 heterocycles. The Balaban J connectivity index is 1.78. The molecular formula is C14H16N4O2S. The number of nitrogen functional groups attached to an aromatic ring is 1. The molecule has 1 aliphatic heterocycles. The second-order valence-corrected chi connectivity index (χ2v) is 6.23. The Bertz CT molecular complexity index is 712. The number of pyridine rings is 1. The standard InChI is InChI=1S/C14H16N4O2S/c1-18-7-8(4-5-10(18)19)17-14(20)13-11(15)12-9(21-13)3-2-6-16-12/h2-3,6,8H,4-5,7,15H2,1H3,(H,17,20). The van der Waals surface area contributed by atoms with Crippen LogP contribution in [0.4, 0.5) is 5.69 Å². The first-order valence-electron chi connectivity index (χ1n) is 6.74. The summed E-state index contributed by atoms with van der Waals surface area (Å²) < 4.78 is 0.899. The van der Waals surface area contributed by atoms with Gasteiger partial charge in [0.25, 0.3) is 5.91 Å². The third-order valence-electron chi connectivity index (χ3n) is 3.65. The summed E-state index contributed by atoms with van der Waals surface area (Å²) in [5.41, 5.74) is 7.11. The molecule has 1 saturated heterocycles. The van der Waals surface area contributed by atoms with E-state index in [2.05, 4.69) is 10.3 Å². The van der Waals surface area contributed by atoms with E-state index in [1.165, 1.54) is 11.3 Å². The number of carbonyl (C=O) groups is 2. The maximum absolute atomic E-state index is 12.4. The van der Waals surface area contributed by atoms with Crippen LogP contribution in [0.2, 0.25) is 0 Å². The molecule has 0 bridgehead atoms. The number of aromatic nitrogens is 1. The fourth-order valence-corrected chi connectivity index (χ4v) is 3.48. The van der Waals surface area contributed by atoms with Gasteiger partial charge in [-0.2, -0.15) is 0 Å². The van der Waals surface area contributed by atoms with Gasteiger partial charge in [-0.3, -0.25) is 14.6 Å². The fourth-order valence-electron chi connectivity index (χ4n) is 2.50. The number of hydrogen-bond donors (Lipinski definition) is 2. The van der Waals surface area contributed by atoms with Crippen LogP contribution in [0, 0.1) is 0 Å². The van der Waals surface area contributed by atoms with Gasteiger partial charge in [0.2, 0.25) is 5.91 Å². The predicted octanol–water partition coefficient (Wildman–Crippen LogP) is 1.23. The van der Waals surface area contributed by atoms with Crippen molar-refractivity contribution in [1.29, 1.82) is 0 Å². The highest BCUT2D eigenvalue weighted by molar-refractivity contribution is 7.21. The van der Waals surface area contributed by atoms with Gasteiger partial charge in [-0.1, -0.05) is 0 Å². The third-order valence-corrected chi connectivity index (χ3v) is 4.81. The lowest BCUT2D eigenvalue weighted by Crippen LogP contribution is -2.48. The number of rotatable bonds is 2. The molecule has 1 unspecified atom stereocenters. The first-order valence-corrected chi connectivity index (χ1v) is 7.55. The van der Waals surface area contributed by atoms with Crippen molar-refractivity contribution in [2.45, 2.75) is 18.9 Å². The Morgan fingerprint density at radius 2 is 2.38 bits per heavy atom. The number of piperidine rings is 1. The molecule has 6 nitrogen and oxygen atoms in total. The monoisotopic (exact) mass is 304 g/mol. The van der Waals surface area contributed by atoms with E-state index in [9.17, 15) is 9.59 Å². The molecule has 1 atom stereocenters. The summed E-state index contributed by atoms with van der Waals surface area (Å²) >= 11 is 1.34. The van der Waals surface area contributed by atoms with Crippen molar-refractivity contribution >= 4 is 39.1 Å². The lowest BCUT2D eigenvalue weighted by molar-refractivity contribution is -0.132. The molecule has 3 rings (SSSR count). The number of hydrogen-bond acceptors (Lipinski definition) is 5. The SMILES string of the molecule is CN1CC(NC(=O)c2sc3cccnc3c2N)CCC1=O. The number of nitrogens with one attached hydrogen (secondary N) is 1. The highest BCUT2D eigenvalue weighted by Crippen LogP contribution is 2.31. The molecule has 0 spiro atoms. The summed E-state index contributed by atoms with van der Waals surface area (Å²) in [5, 5.41) is 2.96. The van der Waals surface area contributed by atoms with Crippen molar-refractivity contribution in [2.24, 2.45) is 0 Å². The number of anilines is 1. The highest BCUT2D eigenvalue weighted by atomic mass is 32.1. The van der Waals surface area contributed by atoms with E-state index in [0.29, 0.717) is 35.5 Å². The van der Waals surface area contributed by atoms with Crippen molar-refractivity contribution < 1.29 is 9.59 Å². The molecule has 1 aliphatic rings. The average molecular weight is 304 g/mol. The quantitative estimate of drug-likeness (QED) is 0.873. The lowest BCUT2D eigenvalue weighted by Gasteiger charge is -2.30.